The zero-order valence-electron chi connectivity index (χ0n) is 7.47. The molecule has 3 nitrogen and oxygen atoms in total. The van der Waals surface area contributed by atoms with Gasteiger partial charge in [-0.15, -0.1) is 12.3 Å². The fourth-order valence-corrected chi connectivity index (χ4v) is 1.08. The van der Waals surface area contributed by atoms with Crippen LogP contribution >= 0.6 is 0 Å². The first kappa shape index (κ1) is 9.61. The van der Waals surface area contributed by atoms with E-state index in [1.165, 1.54) is 0 Å². The number of rotatable bonds is 4. The van der Waals surface area contributed by atoms with Crippen molar-refractivity contribution in [3.05, 3.63) is 0 Å². The zero-order valence-corrected chi connectivity index (χ0v) is 7.47. The summed E-state index contributed by atoms with van der Waals surface area (Å²) in [5.41, 5.74) is -0.698. The average Bonchev–Trinajstić information content (AvgIpc) is 2.93. The molecule has 1 N–H and O–H groups in total. The Bertz CT molecular complexity index is 278. The molecular weight excluding hydrogens is 164 g/mol. The second kappa shape index (κ2) is 3.96. The van der Waals surface area contributed by atoms with E-state index in [2.05, 4.69) is 11.2 Å². The number of nitrogens with one attached hydrogen (secondary N) is 1. The van der Waals surface area contributed by atoms with Gasteiger partial charge in [0.25, 0.3) is 0 Å². The number of hydrogen-bond donors (Lipinski definition) is 1. The minimum atomic E-state index is -0.698. The molecular formula is C10H12N2O. The lowest BCUT2D eigenvalue weighted by Gasteiger charge is -2.06. The zero-order chi connectivity index (χ0) is 9.73. The van der Waals surface area contributed by atoms with Gasteiger partial charge in [-0.2, -0.15) is 5.26 Å². The number of unbranched alkanes of at least 4 members (excludes halogenated alkanes) is 1. The molecule has 1 rings (SSSR count). The highest BCUT2D eigenvalue weighted by Crippen LogP contribution is 2.44. The van der Waals surface area contributed by atoms with Crippen molar-refractivity contribution < 1.29 is 4.79 Å². The lowest BCUT2D eigenvalue weighted by molar-refractivity contribution is -0.124. The summed E-state index contributed by atoms with van der Waals surface area (Å²) in [6.45, 7) is 0.576. The van der Waals surface area contributed by atoms with E-state index in [4.69, 9.17) is 11.7 Å². The Morgan fingerprint density at radius 2 is 2.31 bits per heavy atom. The van der Waals surface area contributed by atoms with Crippen molar-refractivity contribution in [1.29, 1.82) is 5.26 Å². The van der Waals surface area contributed by atoms with E-state index in [0.29, 0.717) is 25.8 Å². The maximum Gasteiger partial charge on any atom is 0.240 e. The van der Waals surface area contributed by atoms with Crippen molar-refractivity contribution in [3.63, 3.8) is 0 Å². The van der Waals surface area contributed by atoms with Gasteiger partial charge in [0.05, 0.1) is 6.07 Å². The molecule has 0 saturated heterocycles. The van der Waals surface area contributed by atoms with Crippen molar-refractivity contribution in [3.8, 4) is 18.4 Å². The molecule has 0 radical (unpaired) electrons. The second-order valence-corrected chi connectivity index (χ2v) is 3.26. The lowest BCUT2D eigenvalue weighted by atomic mass is 10.1. The van der Waals surface area contributed by atoms with Crippen molar-refractivity contribution in [2.45, 2.75) is 25.7 Å². The van der Waals surface area contributed by atoms with Crippen LogP contribution in [0.25, 0.3) is 0 Å². The minimum Gasteiger partial charge on any atom is -0.355 e. The summed E-state index contributed by atoms with van der Waals surface area (Å²) in [5.74, 6) is 2.36. The topological polar surface area (TPSA) is 52.9 Å². The predicted molar refractivity (Wildman–Crippen MR) is 48.4 cm³/mol. The third kappa shape index (κ3) is 2.23. The van der Waals surface area contributed by atoms with Gasteiger partial charge < -0.3 is 5.32 Å². The van der Waals surface area contributed by atoms with Crippen LogP contribution in [0.15, 0.2) is 0 Å². The fourth-order valence-electron chi connectivity index (χ4n) is 1.08. The van der Waals surface area contributed by atoms with E-state index in [1.807, 2.05) is 6.07 Å². The summed E-state index contributed by atoms with van der Waals surface area (Å²) in [6.07, 6.45) is 7.90. The number of nitriles is 1. The molecule has 1 aliphatic rings. The minimum absolute atomic E-state index is 0.132. The summed E-state index contributed by atoms with van der Waals surface area (Å²) in [5, 5.41) is 11.4. The number of terminal acetylenes is 1. The van der Waals surface area contributed by atoms with E-state index >= 15 is 0 Å². The van der Waals surface area contributed by atoms with Crippen LogP contribution in [-0.4, -0.2) is 12.5 Å². The summed E-state index contributed by atoms with van der Waals surface area (Å²) < 4.78 is 0. The highest BCUT2D eigenvalue weighted by molar-refractivity contribution is 5.88. The largest absolute Gasteiger partial charge is 0.355 e. The van der Waals surface area contributed by atoms with E-state index in [0.717, 1.165) is 6.42 Å². The molecule has 1 fully saturated rings. The first-order valence-electron chi connectivity index (χ1n) is 4.38. The Kier molecular flexibility index (Phi) is 2.93. The Labute approximate surface area is 78.1 Å². The van der Waals surface area contributed by atoms with Crippen molar-refractivity contribution in [2.75, 3.05) is 6.54 Å². The third-order valence-corrected chi connectivity index (χ3v) is 2.18. The van der Waals surface area contributed by atoms with Gasteiger partial charge in [0.1, 0.15) is 5.41 Å². The Balaban J connectivity index is 2.20. The van der Waals surface area contributed by atoms with Gasteiger partial charge in [-0.05, 0) is 19.3 Å². The van der Waals surface area contributed by atoms with Gasteiger partial charge in [0.2, 0.25) is 5.91 Å². The van der Waals surface area contributed by atoms with E-state index < -0.39 is 5.41 Å². The number of hydrogen-bond acceptors (Lipinski definition) is 2. The predicted octanol–water partition coefficient (Wildman–Crippen LogP) is 0.820. The molecule has 0 aliphatic heterocycles. The van der Waals surface area contributed by atoms with Gasteiger partial charge >= 0.3 is 0 Å². The monoisotopic (exact) mass is 176 g/mol. The molecule has 0 spiro atoms. The van der Waals surface area contributed by atoms with Crippen molar-refractivity contribution in [2.24, 2.45) is 5.41 Å². The quantitative estimate of drug-likeness (QED) is 0.509. The first-order chi connectivity index (χ1) is 6.25. The number of amides is 1. The fraction of sp³-hybridized carbons (Fsp3) is 0.600. The molecule has 0 aromatic heterocycles. The standard InChI is InChI=1S/C10H12N2O/c1-2-3-4-7-12-9(13)10(8-11)5-6-10/h1H,3-7H2,(H,12,13). The van der Waals surface area contributed by atoms with Crippen molar-refractivity contribution in [1.82, 2.24) is 5.32 Å². The van der Waals surface area contributed by atoms with Gasteiger partial charge in [0, 0.05) is 13.0 Å². The van der Waals surface area contributed by atoms with Gasteiger partial charge in [0.15, 0.2) is 0 Å². The Morgan fingerprint density at radius 1 is 1.62 bits per heavy atom. The maximum absolute atomic E-state index is 11.3. The van der Waals surface area contributed by atoms with Gasteiger partial charge in [-0.3, -0.25) is 4.79 Å². The maximum atomic E-state index is 11.3. The summed E-state index contributed by atoms with van der Waals surface area (Å²) in [6, 6.07) is 2.04. The van der Waals surface area contributed by atoms with Gasteiger partial charge in [-0.25, -0.2) is 0 Å². The molecule has 0 atom stereocenters. The van der Waals surface area contributed by atoms with E-state index in [9.17, 15) is 4.79 Å². The highest BCUT2D eigenvalue weighted by Gasteiger charge is 2.50. The highest BCUT2D eigenvalue weighted by atomic mass is 16.2. The van der Waals surface area contributed by atoms with Gasteiger partial charge in [-0.1, -0.05) is 0 Å². The normalized spacial score (nSPS) is 16.8. The number of carbonyl (C=O) groups excluding carboxylic acids is 1. The molecule has 0 aromatic carbocycles. The van der Waals surface area contributed by atoms with Crippen molar-refractivity contribution >= 4 is 5.91 Å². The molecule has 1 saturated carbocycles. The third-order valence-electron chi connectivity index (χ3n) is 2.18. The lowest BCUT2D eigenvalue weighted by Crippen LogP contribution is -2.31. The molecule has 1 aliphatic carbocycles. The Morgan fingerprint density at radius 3 is 2.77 bits per heavy atom. The molecule has 0 aromatic rings. The van der Waals surface area contributed by atoms with E-state index in [-0.39, 0.29) is 5.91 Å². The second-order valence-electron chi connectivity index (χ2n) is 3.26. The SMILES string of the molecule is C#CCCCNC(=O)C1(C#N)CC1. The summed E-state index contributed by atoms with van der Waals surface area (Å²) >= 11 is 0. The molecule has 68 valence electrons. The average molecular weight is 176 g/mol. The van der Waals surface area contributed by atoms with E-state index in [1.54, 1.807) is 0 Å². The molecule has 0 bridgehead atoms. The van der Waals surface area contributed by atoms with Crippen LogP contribution in [0.4, 0.5) is 0 Å². The van der Waals surface area contributed by atoms with Crippen LogP contribution in [0.3, 0.4) is 0 Å². The molecule has 1 amide bonds. The number of carbonyl (C=O) groups is 1. The van der Waals surface area contributed by atoms with Crippen LogP contribution in [0, 0.1) is 29.1 Å². The number of nitrogens with zero attached hydrogens (tertiary/aromatic N) is 1. The first-order valence-corrected chi connectivity index (χ1v) is 4.38. The Hall–Kier alpha value is -1.48. The molecule has 13 heavy (non-hydrogen) atoms. The van der Waals surface area contributed by atoms with Crippen LogP contribution in [0.1, 0.15) is 25.7 Å². The molecule has 0 unspecified atom stereocenters. The molecule has 0 heterocycles. The summed E-state index contributed by atoms with van der Waals surface area (Å²) in [4.78, 5) is 11.3. The van der Waals surface area contributed by atoms with Crippen LogP contribution < -0.4 is 5.32 Å². The van der Waals surface area contributed by atoms with Crippen LogP contribution in [-0.2, 0) is 4.79 Å². The smallest absolute Gasteiger partial charge is 0.240 e. The summed E-state index contributed by atoms with van der Waals surface area (Å²) in [7, 11) is 0. The molecule has 3 heteroatoms. The van der Waals surface area contributed by atoms with Crippen LogP contribution in [0.2, 0.25) is 0 Å². The van der Waals surface area contributed by atoms with Crippen LogP contribution in [0.5, 0.6) is 0 Å².